The molecule has 1 unspecified atom stereocenters. The van der Waals surface area contributed by atoms with Crippen molar-refractivity contribution in [3.63, 3.8) is 0 Å². The van der Waals surface area contributed by atoms with Gasteiger partial charge in [0.05, 0.1) is 6.54 Å². The summed E-state index contributed by atoms with van der Waals surface area (Å²) < 4.78 is 0. The van der Waals surface area contributed by atoms with Gasteiger partial charge in [0.25, 0.3) is 0 Å². The first kappa shape index (κ1) is 12.1. The van der Waals surface area contributed by atoms with Crippen molar-refractivity contribution in [1.82, 2.24) is 10.2 Å². The predicted octanol–water partition coefficient (Wildman–Crippen LogP) is 2.26. The predicted molar refractivity (Wildman–Crippen MR) is 68.7 cm³/mol. The highest BCUT2D eigenvalue weighted by molar-refractivity contribution is 5.80. The lowest BCUT2D eigenvalue weighted by atomic mass is 10.0. The maximum absolute atomic E-state index is 11.6. The average molecular weight is 232 g/mol. The molecule has 0 aromatic heterocycles. The van der Waals surface area contributed by atoms with Gasteiger partial charge in [0.1, 0.15) is 6.17 Å². The maximum Gasteiger partial charge on any atom is 0.238 e. The molecule has 0 saturated carbocycles. The van der Waals surface area contributed by atoms with Crippen LogP contribution in [0.3, 0.4) is 0 Å². The Morgan fingerprint density at radius 1 is 1.35 bits per heavy atom. The van der Waals surface area contributed by atoms with Crippen molar-refractivity contribution in [2.24, 2.45) is 0 Å². The molecule has 17 heavy (non-hydrogen) atoms. The fourth-order valence-corrected chi connectivity index (χ4v) is 2.26. The lowest BCUT2D eigenvalue weighted by Crippen LogP contribution is -2.29. The van der Waals surface area contributed by atoms with E-state index in [1.165, 1.54) is 11.1 Å². The molecule has 2 rings (SSSR count). The molecule has 1 amide bonds. The molecule has 1 heterocycles. The Hall–Kier alpha value is -1.35. The second-order valence-corrected chi connectivity index (χ2v) is 4.78. The molecular weight excluding hydrogens is 212 g/mol. The smallest absolute Gasteiger partial charge is 0.238 e. The summed E-state index contributed by atoms with van der Waals surface area (Å²) in [5.41, 5.74) is 2.50. The van der Waals surface area contributed by atoms with Gasteiger partial charge in [-0.25, -0.2) is 0 Å². The zero-order chi connectivity index (χ0) is 12.4. The normalized spacial score (nSPS) is 20.4. The topological polar surface area (TPSA) is 32.3 Å². The number of nitrogens with zero attached hydrogens (tertiary/aromatic N) is 1. The third-order valence-electron chi connectivity index (χ3n) is 3.34. The molecule has 1 aliphatic rings. The summed E-state index contributed by atoms with van der Waals surface area (Å²) in [6.45, 7) is 7.59. The van der Waals surface area contributed by atoms with Crippen molar-refractivity contribution in [3.8, 4) is 0 Å². The van der Waals surface area contributed by atoms with E-state index in [4.69, 9.17) is 0 Å². The number of hydrogen-bond donors (Lipinski definition) is 1. The van der Waals surface area contributed by atoms with E-state index in [1.807, 2.05) is 11.8 Å². The summed E-state index contributed by atoms with van der Waals surface area (Å²) in [4.78, 5) is 13.5. The van der Waals surface area contributed by atoms with Crippen LogP contribution in [0.5, 0.6) is 0 Å². The van der Waals surface area contributed by atoms with Crippen LogP contribution in [0, 0.1) is 0 Å². The highest BCUT2D eigenvalue weighted by Crippen LogP contribution is 2.24. The third-order valence-corrected chi connectivity index (χ3v) is 3.34. The summed E-state index contributed by atoms with van der Waals surface area (Å²) in [7, 11) is 0. The molecule has 1 aliphatic heterocycles. The van der Waals surface area contributed by atoms with Gasteiger partial charge < -0.3 is 4.90 Å². The van der Waals surface area contributed by atoms with Crippen molar-refractivity contribution in [3.05, 3.63) is 35.4 Å². The van der Waals surface area contributed by atoms with Gasteiger partial charge in [-0.1, -0.05) is 38.1 Å². The van der Waals surface area contributed by atoms with E-state index in [2.05, 4.69) is 43.4 Å². The molecule has 3 heteroatoms. The van der Waals surface area contributed by atoms with Crippen LogP contribution in [0.4, 0.5) is 0 Å². The number of benzene rings is 1. The zero-order valence-electron chi connectivity index (χ0n) is 10.7. The van der Waals surface area contributed by atoms with Crippen LogP contribution in [0.15, 0.2) is 24.3 Å². The van der Waals surface area contributed by atoms with Crippen LogP contribution in [0.1, 0.15) is 44.0 Å². The summed E-state index contributed by atoms with van der Waals surface area (Å²) in [6, 6.07) is 8.54. The lowest BCUT2D eigenvalue weighted by molar-refractivity contribution is -0.127. The molecule has 1 saturated heterocycles. The molecule has 1 aromatic carbocycles. The molecule has 1 atom stereocenters. The number of rotatable bonds is 3. The average Bonchev–Trinajstić information content (AvgIpc) is 2.70. The van der Waals surface area contributed by atoms with E-state index in [0.717, 1.165) is 6.54 Å². The Morgan fingerprint density at radius 2 is 2.00 bits per heavy atom. The van der Waals surface area contributed by atoms with Crippen LogP contribution < -0.4 is 5.32 Å². The van der Waals surface area contributed by atoms with Gasteiger partial charge in [-0.3, -0.25) is 10.1 Å². The fraction of sp³-hybridized carbons (Fsp3) is 0.500. The minimum atomic E-state index is 0.0497. The molecule has 1 N–H and O–H groups in total. The maximum atomic E-state index is 11.6. The molecule has 92 valence electrons. The van der Waals surface area contributed by atoms with Crippen molar-refractivity contribution < 1.29 is 4.79 Å². The number of nitrogens with one attached hydrogen (secondary N) is 1. The molecule has 0 aliphatic carbocycles. The van der Waals surface area contributed by atoms with Crippen molar-refractivity contribution in [2.45, 2.75) is 32.9 Å². The summed E-state index contributed by atoms with van der Waals surface area (Å²) in [5, 5.41) is 3.25. The molecule has 0 spiro atoms. The highest BCUT2D eigenvalue weighted by Gasteiger charge is 2.29. The molecule has 0 bridgehead atoms. The first-order valence-electron chi connectivity index (χ1n) is 6.26. The van der Waals surface area contributed by atoms with Gasteiger partial charge in [0, 0.05) is 6.54 Å². The van der Waals surface area contributed by atoms with Crippen LogP contribution in [0.2, 0.25) is 0 Å². The van der Waals surface area contributed by atoms with Crippen LogP contribution >= 0.6 is 0 Å². The van der Waals surface area contributed by atoms with E-state index in [-0.39, 0.29) is 12.1 Å². The Morgan fingerprint density at radius 3 is 2.53 bits per heavy atom. The minimum absolute atomic E-state index is 0.0497. The van der Waals surface area contributed by atoms with Gasteiger partial charge >= 0.3 is 0 Å². The summed E-state index contributed by atoms with van der Waals surface area (Å²) >= 11 is 0. The summed E-state index contributed by atoms with van der Waals surface area (Å²) in [5.74, 6) is 0.731. The Labute approximate surface area is 103 Å². The third kappa shape index (κ3) is 2.34. The summed E-state index contributed by atoms with van der Waals surface area (Å²) in [6.07, 6.45) is 0.0497. The fourth-order valence-electron chi connectivity index (χ4n) is 2.26. The SMILES string of the molecule is CCN1C(=O)CNC1c1ccc(C(C)C)cc1. The van der Waals surface area contributed by atoms with Crippen molar-refractivity contribution >= 4 is 5.91 Å². The van der Waals surface area contributed by atoms with Gasteiger partial charge in [-0.2, -0.15) is 0 Å². The Bertz CT molecular complexity index is 397. The van der Waals surface area contributed by atoms with E-state index in [0.29, 0.717) is 12.5 Å². The van der Waals surface area contributed by atoms with Crippen LogP contribution in [-0.4, -0.2) is 23.9 Å². The Kier molecular flexibility index (Phi) is 3.48. The minimum Gasteiger partial charge on any atom is -0.322 e. The van der Waals surface area contributed by atoms with Crippen molar-refractivity contribution in [1.29, 1.82) is 0 Å². The molecule has 1 aromatic rings. The van der Waals surface area contributed by atoms with Gasteiger partial charge in [-0.15, -0.1) is 0 Å². The van der Waals surface area contributed by atoms with Gasteiger partial charge in [-0.05, 0) is 24.0 Å². The molecule has 0 radical (unpaired) electrons. The first-order chi connectivity index (χ1) is 8.13. The molecule has 3 nitrogen and oxygen atoms in total. The zero-order valence-corrected chi connectivity index (χ0v) is 10.7. The Balaban J connectivity index is 2.20. The lowest BCUT2D eigenvalue weighted by Gasteiger charge is -2.23. The largest absolute Gasteiger partial charge is 0.322 e. The second kappa shape index (κ2) is 4.88. The number of carbonyl (C=O) groups excluding carboxylic acids is 1. The van der Waals surface area contributed by atoms with Gasteiger partial charge in [0.15, 0.2) is 0 Å². The quantitative estimate of drug-likeness (QED) is 0.867. The highest BCUT2D eigenvalue weighted by atomic mass is 16.2. The van der Waals surface area contributed by atoms with Gasteiger partial charge in [0.2, 0.25) is 5.91 Å². The van der Waals surface area contributed by atoms with E-state index in [9.17, 15) is 4.79 Å². The molecule has 1 fully saturated rings. The monoisotopic (exact) mass is 232 g/mol. The standard InChI is InChI=1S/C14H20N2O/c1-4-16-13(17)9-15-14(16)12-7-5-11(6-8-12)10(2)3/h5-8,10,14-15H,4,9H2,1-3H3. The number of hydrogen-bond acceptors (Lipinski definition) is 2. The van der Waals surface area contributed by atoms with E-state index >= 15 is 0 Å². The van der Waals surface area contributed by atoms with E-state index in [1.54, 1.807) is 0 Å². The van der Waals surface area contributed by atoms with Crippen molar-refractivity contribution in [2.75, 3.05) is 13.1 Å². The molecular formula is C14H20N2O. The number of carbonyl (C=O) groups is 1. The first-order valence-corrected chi connectivity index (χ1v) is 6.26. The second-order valence-electron chi connectivity index (χ2n) is 4.78. The van der Waals surface area contributed by atoms with Crippen LogP contribution in [0.25, 0.3) is 0 Å². The van der Waals surface area contributed by atoms with Crippen LogP contribution in [-0.2, 0) is 4.79 Å². The number of likely N-dealkylation sites (N-methyl/N-ethyl adjacent to an activating group) is 1. The van der Waals surface area contributed by atoms with E-state index < -0.39 is 0 Å². The number of amides is 1.